The van der Waals surface area contributed by atoms with Gasteiger partial charge in [0.25, 0.3) is 5.91 Å². The number of benzene rings is 2. The summed E-state index contributed by atoms with van der Waals surface area (Å²) in [6, 6.07) is 13.2. The zero-order chi connectivity index (χ0) is 26.3. The molecule has 0 atom stereocenters. The standard InChI is InChI=1S/C29H32N4O4S/c30-28-26(18-6-10-25-19(14-18)12-13-31-29(25)34)15-20(17-32-28)24-11-7-21(33-38(35,36)23-8-9-23)16-27(24)37-22-4-2-1-3-5-22/h6-7,10-11,14-17,22-23,33H,1-5,8-9,12-13H2,(H2,30,32)(H,31,34). The van der Waals surface area contributed by atoms with Crippen LogP contribution in [0, 0.1) is 0 Å². The molecule has 0 spiro atoms. The lowest BCUT2D eigenvalue weighted by Crippen LogP contribution is -2.31. The molecule has 2 aliphatic carbocycles. The van der Waals surface area contributed by atoms with Crippen LogP contribution in [0.15, 0.2) is 48.7 Å². The molecule has 1 aliphatic heterocycles. The van der Waals surface area contributed by atoms with Gasteiger partial charge in [-0.25, -0.2) is 13.4 Å². The molecule has 9 heteroatoms. The maximum atomic E-state index is 12.6. The van der Waals surface area contributed by atoms with Crippen LogP contribution in [0.4, 0.5) is 11.5 Å². The maximum absolute atomic E-state index is 12.6. The highest BCUT2D eigenvalue weighted by Gasteiger charge is 2.36. The van der Waals surface area contributed by atoms with E-state index in [1.165, 1.54) is 6.42 Å². The van der Waals surface area contributed by atoms with Gasteiger partial charge in [-0.3, -0.25) is 9.52 Å². The Morgan fingerprint density at radius 2 is 1.71 bits per heavy atom. The molecule has 0 unspecified atom stereocenters. The van der Waals surface area contributed by atoms with Gasteiger partial charge in [-0.2, -0.15) is 0 Å². The number of amides is 1. The second-order valence-corrected chi connectivity index (χ2v) is 12.4. The van der Waals surface area contributed by atoms with E-state index in [1.807, 2.05) is 30.3 Å². The minimum atomic E-state index is -3.39. The van der Waals surface area contributed by atoms with Crippen LogP contribution in [0.5, 0.6) is 5.75 Å². The smallest absolute Gasteiger partial charge is 0.251 e. The molecule has 3 aliphatic rings. The number of nitrogens with two attached hydrogens (primary N) is 1. The van der Waals surface area contributed by atoms with Crippen molar-refractivity contribution in [2.75, 3.05) is 17.0 Å². The third-order valence-electron chi connectivity index (χ3n) is 7.62. The summed E-state index contributed by atoms with van der Waals surface area (Å²) in [6.07, 6.45) is 9.39. The van der Waals surface area contributed by atoms with Crippen LogP contribution in [0.3, 0.4) is 0 Å². The fraction of sp³-hybridized carbons (Fsp3) is 0.379. The number of pyridine rings is 1. The van der Waals surface area contributed by atoms with Crippen molar-refractivity contribution in [3.05, 3.63) is 59.8 Å². The van der Waals surface area contributed by atoms with Crippen LogP contribution in [-0.4, -0.2) is 37.2 Å². The third-order valence-corrected chi connectivity index (χ3v) is 9.49. The summed E-state index contributed by atoms with van der Waals surface area (Å²) in [5, 5.41) is 2.57. The molecule has 2 saturated carbocycles. The monoisotopic (exact) mass is 532 g/mol. The Balaban J connectivity index is 1.37. The van der Waals surface area contributed by atoms with Crippen LogP contribution < -0.4 is 20.5 Å². The minimum Gasteiger partial charge on any atom is -0.490 e. The fourth-order valence-electron chi connectivity index (χ4n) is 5.36. The number of nitrogen functional groups attached to an aromatic ring is 1. The molecule has 1 amide bonds. The van der Waals surface area contributed by atoms with E-state index in [0.717, 1.165) is 59.9 Å². The first-order chi connectivity index (χ1) is 18.4. The van der Waals surface area contributed by atoms with Gasteiger partial charge in [-0.05, 0) is 80.3 Å². The van der Waals surface area contributed by atoms with Gasteiger partial charge in [-0.15, -0.1) is 0 Å². The van der Waals surface area contributed by atoms with Gasteiger partial charge in [0.15, 0.2) is 0 Å². The van der Waals surface area contributed by atoms with Gasteiger partial charge >= 0.3 is 0 Å². The number of hydrogen-bond acceptors (Lipinski definition) is 6. The Hall–Kier alpha value is -3.59. The zero-order valence-corrected chi connectivity index (χ0v) is 22.0. The lowest BCUT2D eigenvalue weighted by atomic mass is 9.94. The van der Waals surface area contributed by atoms with E-state index in [-0.39, 0.29) is 17.3 Å². The molecule has 8 nitrogen and oxygen atoms in total. The Labute approximate surface area is 223 Å². The van der Waals surface area contributed by atoms with Crippen LogP contribution in [0.25, 0.3) is 22.3 Å². The topological polar surface area (TPSA) is 123 Å². The van der Waals surface area contributed by atoms with Crippen molar-refractivity contribution in [2.24, 2.45) is 0 Å². The van der Waals surface area contributed by atoms with Gasteiger partial charge in [0.2, 0.25) is 10.0 Å². The second-order valence-electron chi connectivity index (χ2n) is 10.5. The number of carbonyl (C=O) groups excluding carboxylic acids is 1. The van der Waals surface area contributed by atoms with Crippen molar-refractivity contribution in [3.8, 4) is 28.0 Å². The molecule has 4 N–H and O–H groups in total. The first kappa shape index (κ1) is 24.7. The van der Waals surface area contributed by atoms with Crippen LogP contribution in [0.1, 0.15) is 60.9 Å². The van der Waals surface area contributed by atoms with E-state index in [2.05, 4.69) is 15.0 Å². The van der Waals surface area contributed by atoms with Gasteiger partial charge < -0.3 is 15.8 Å². The Kier molecular flexibility index (Phi) is 6.47. The molecule has 2 aromatic carbocycles. The third kappa shape index (κ3) is 5.07. The molecule has 0 saturated heterocycles. The molecule has 3 aromatic rings. The average Bonchev–Trinajstić information content (AvgIpc) is 3.77. The van der Waals surface area contributed by atoms with Crippen molar-refractivity contribution in [2.45, 2.75) is 62.7 Å². The predicted molar refractivity (Wildman–Crippen MR) is 149 cm³/mol. The molecule has 0 radical (unpaired) electrons. The first-order valence-electron chi connectivity index (χ1n) is 13.4. The number of hydrogen-bond donors (Lipinski definition) is 3. The lowest BCUT2D eigenvalue weighted by molar-refractivity contribution is 0.0946. The quantitative estimate of drug-likeness (QED) is 0.398. The van der Waals surface area contributed by atoms with E-state index >= 15 is 0 Å². The second kappa shape index (κ2) is 9.94. The largest absolute Gasteiger partial charge is 0.490 e. The van der Waals surface area contributed by atoms with Gasteiger partial charge in [0.05, 0.1) is 17.0 Å². The van der Waals surface area contributed by atoms with Crippen LogP contribution in [-0.2, 0) is 16.4 Å². The number of nitrogens with zero attached hydrogens (tertiary/aromatic N) is 1. The van der Waals surface area contributed by atoms with E-state index in [1.54, 1.807) is 18.3 Å². The highest BCUT2D eigenvalue weighted by molar-refractivity contribution is 7.93. The molecule has 6 rings (SSSR count). The van der Waals surface area contributed by atoms with Gasteiger partial charge in [-0.1, -0.05) is 18.6 Å². The first-order valence-corrected chi connectivity index (χ1v) is 14.9. The van der Waals surface area contributed by atoms with Gasteiger partial charge in [0.1, 0.15) is 11.6 Å². The Morgan fingerprint density at radius 1 is 0.921 bits per heavy atom. The number of fused-ring (bicyclic) bond motifs is 1. The summed E-state index contributed by atoms with van der Waals surface area (Å²) < 4.78 is 34.4. The molecule has 0 bridgehead atoms. The van der Waals surface area contributed by atoms with E-state index in [9.17, 15) is 13.2 Å². The zero-order valence-electron chi connectivity index (χ0n) is 21.2. The maximum Gasteiger partial charge on any atom is 0.251 e. The molecule has 2 heterocycles. The van der Waals surface area contributed by atoms with Crippen molar-refractivity contribution in [1.82, 2.24) is 10.3 Å². The minimum absolute atomic E-state index is 0.0560. The fourth-order valence-corrected chi connectivity index (χ4v) is 6.74. The number of anilines is 2. The summed E-state index contributed by atoms with van der Waals surface area (Å²) in [5.74, 6) is 0.976. The van der Waals surface area contributed by atoms with Crippen molar-refractivity contribution in [1.29, 1.82) is 0 Å². The highest BCUT2D eigenvalue weighted by Crippen LogP contribution is 2.39. The number of ether oxygens (including phenoxy) is 1. The summed E-state index contributed by atoms with van der Waals surface area (Å²) >= 11 is 0. The highest BCUT2D eigenvalue weighted by atomic mass is 32.2. The summed E-state index contributed by atoms with van der Waals surface area (Å²) in [6.45, 7) is 0.613. The molecule has 2 fully saturated rings. The van der Waals surface area contributed by atoms with Crippen LogP contribution in [0.2, 0.25) is 0 Å². The van der Waals surface area contributed by atoms with E-state index in [0.29, 0.717) is 42.2 Å². The number of rotatable bonds is 7. The molecule has 1 aromatic heterocycles. The Morgan fingerprint density at radius 3 is 2.50 bits per heavy atom. The van der Waals surface area contributed by atoms with Crippen LogP contribution >= 0.6 is 0 Å². The Bertz CT molecular complexity index is 1490. The number of sulfonamides is 1. The molecular weight excluding hydrogens is 500 g/mol. The lowest BCUT2D eigenvalue weighted by Gasteiger charge is -2.25. The normalized spacial score (nSPS) is 17.9. The van der Waals surface area contributed by atoms with Crippen molar-refractivity contribution < 1.29 is 17.9 Å². The number of nitrogens with one attached hydrogen (secondary N) is 2. The summed E-state index contributed by atoms with van der Waals surface area (Å²) in [5.41, 5.74) is 11.8. The van der Waals surface area contributed by atoms with Crippen molar-refractivity contribution >= 4 is 27.4 Å². The summed E-state index contributed by atoms with van der Waals surface area (Å²) in [4.78, 5) is 16.7. The molecule has 198 valence electrons. The number of carbonyl (C=O) groups is 1. The number of aromatic nitrogens is 1. The average molecular weight is 533 g/mol. The predicted octanol–water partition coefficient (Wildman–Crippen LogP) is 4.90. The molecule has 38 heavy (non-hydrogen) atoms. The van der Waals surface area contributed by atoms with E-state index < -0.39 is 10.0 Å². The van der Waals surface area contributed by atoms with E-state index in [4.69, 9.17) is 10.5 Å². The van der Waals surface area contributed by atoms with Crippen molar-refractivity contribution in [3.63, 3.8) is 0 Å². The summed E-state index contributed by atoms with van der Waals surface area (Å²) in [7, 11) is -3.39. The SMILES string of the molecule is Nc1ncc(-c2ccc(NS(=O)(=O)C3CC3)cc2OC2CCCCC2)cc1-c1ccc2c(c1)CCNC2=O. The molecular formula is C29H32N4O4S. The van der Waals surface area contributed by atoms with Gasteiger partial charge in [0, 0.05) is 41.1 Å².